The van der Waals surface area contributed by atoms with Crippen molar-refractivity contribution in [1.29, 1.82) is 0 Å². The maximum Gasteiger partial charge on any atom is 0.228 e. The van der Waals surface area contributed by atoms with Crippen LogP contribution in [0.15, 0.2) is 24.3 Å². The van der Waals surface area contributed by atoms with E-state index in [-0.39, 0.29) is 23.7 Å². The third kappa shape index (κ3) is 3.41. The van der Waals surface area contributed by atoms with E-state index in [1.54, 1.807) is 6.07 Å². The van der Waals surface area contributed by atoms with Crippen LogP contribution in [0.2, 0.25) is 0 Å². The van der Waals surface area contributed by atoms with Crippen LogP contribution in [-0.2, 0) is 9.53 Å². The molecule has 2 saturated heterocycles. The van der Waals surface area contributed by atoms with Crippen LogP contribution in [0, 0.1) is 11.7 Å². The number of amides is 1. The van der Waals surface area contributed by atoms with E-state index in [4.69, 9.17) is 4.74 Å². The highest BCUT2D eigenvalue weighted by Crippen LogP contribution is 2.22. The maximum absolute atomic E-state index is 13.3. The van der Waals surface area contributed by atoms with Crippen molar-refractivity contribution >= 4 is 5.91 Å². The summed E-state index contributed by atoms with van der Waals surface area (Å²) in [5.74, 6) is -0.0685. The van der Waals surface area contributed by atoms with E-state index < -0.39 is 0 Å². The zero-order valence-corrected chi connectivity index (χ0v) is 12.1. The lowest BCUT2D eigenvalue weighted by Crippen LogP contribution is -2.51. The molecule has 5 heteroatoms. The fourth-order valence-electron chi connectivity index (χ4n) is 3.09. The predicted octanol–water partition coefficient (Wildman–Crippen LogP) is 1.73. The minimum Gasteiger partial charge on any atom is -0.381 e. The van der Waals surface area contributed by atoms with Gasteiger partial charge >= 0.3 is 0 Å². The lowest BCUT2D eigenvalue weighted by atomic mass is 9.98. The summed E-state index contributed by atoms with van der Waals surface area (Å²) in [4.78, 5) is 14.4. The molecular formula is C16H21FN2O2. The van der Waals surface area contributed by atoms with Crippen LogP contribution in [-0.4, -0.2) is 43.7 Å². The van der Waals surface area contributed by atoms with Gasteiger partial charge in [0.1, 0.15) is 5.82 Å². The Balaban J connectivity index is 1.66. The van der Waals surface area contributed by atoms with Gasteiger partial charge in [-0.25, -0.2) is 4.39 Å². The van der Waals surface area contributed by atoms with Gasteiger partial charge in [0.25, 0.3) is 0 Å². The molecule has 21 heavy (non-hydrogen) atoms. The van der Waals surface area contributed by atoms with Gasteiger partial charge in [0.15, 0.2) is 0 Å². The average Bonchev–Trinajstić information content (AvgIpc) is 2.55. The zero-order valence-electron chi connectivity index (χ0n) is 12.1. The molecule has 114 valence electrons. The van der Waals surface area contributed by atoms with Crippen molar-refractivity contribution in [3.8, 4) is 0 Å². The Labute approximate surface area is 124 Å². The molecule has 0 spiro atoms. The summed E-state index contributed by atoms with van der Waals surface area (Å²) < 4.78 is 18.8. The molecule has 1 aromatic rings. The molecule has 2 fully saturated rings. The van der Waals surface area contributed by atoms with Crippen molar-refractivity contribution in [1.82, 2.24) is 10.2 Å². The normalized spacial score (nSPS) is 26.6. The molecule has 0 saturated carbocycles. The third-order valence-electron chi connectivity index (χ3n) is 4.25. The summed E-state index contributed by atoms with van der Waals surface area (Å²) in [6.45, 7) is 3.34. The minimum absolute atomic E-state index is 0.00269. The number of carbonyl (C=O) groups is 1. The number of nitrogens with zero attached hydrogens (tertiary/aromatic N) is 1. The average molecular weight is 292 g/mol. The Bertz CT molecular complexity index is 503. The topological polar surface area (TPSA) is 41.6 Å². The summed E-state index contributed by atoms with van der Waals surface area (Å²) in [6.07, 6.45) is 1.86. The van der Waals surface area contributed by atoms with E-state index in [1.165, 1.54) is 12.1 Å². The molecule has 2 atom stereocenters. The van der Waals surface area contributed by atoms with Crippen LogP contribution >= 0.6 is 0 Å². The Morgan fingerprint density at radius 3 is 3.10 bits per heavy atom. The molecule has 1 N–H and O–H groups in total. The highest BCUT2D eigenvalue weighted by molar-refractivity contribution is 5.79. The van der Waals surface area contributed by atoms with Crippen molar-refractivity contribution in [2.45, 2.75) is 18.9 Å². The summed E-state index contributed by atoms with van der Waals surface area (Å²) in [6, 6.07) is 6.59. The standard InChI is InChI=1S/C16H21FN2O2/c17-14-5-1-3-12(9-14)15-10-19(7-6-18-15)16(20)13-4-2-8-21-11-13/h1,3,5,9,13,15,18H,2,4,6-8,10-11H2/t13-,15+/m1/s1. The molecular weight excluding hydrogens is 271 g/mol. The van der Waals surface area contributed by atoms with Crippen LogP contribution in [0.3, 0.4) is 0 Å². The quantitative estimate of drug-likeness (QED) is 0.902. The van der Waals surface area contributed by atoms with Gasteiger partial charge in [0.2, 0.25) is 5.91 Å². The zero-order chi connectivity index (χ0) is 14.7. The molecule has 3 rings (SSSR count). The summed E-state index contributed by atoms with van der Waals surface area (Å²) in [5, 5.41) is 3.36. The fourth-order valence-corrected chi connectivity index (χ4v) is 3.09. The molecule has 0 aromatic heterocycles. The van der Waals surface area contributed by atoms with Crippen molar-refractivity contribution in [3.05, 3.63) is 35.6 Å². The molecule has 0 radical (unpaired) electrons. The Kier molecular flexibility index (Phi) is 4.51. The number of carbonyl (C=O) groups excluding carboxylic acids is 1. The second kappa shape index (κ2) is 6.54. The molecule has 2 heterocycles. The molecule has 0 aliphatic carbocycles. The van der Waals surface area contributed by atoms with Crippen LogP contribution in [0.5, 0.6) is 0 Å². The monoisotopic (exact) mass is 292 g/mol. The Hall–Kier alpha value is -1.46. The van der Waals surface area contributed by atoms with E-state index in [0.29, 0.717) is 19.7 Å². The van der Waals surface area contributed by atoms with Gasteiger partial charge in [-0.05, 0) is 30.5 Å². The van der Waals surface area contributed by atoms with Crippen LogP contribution < -0.4 is 5.32 Å². The lowest BCUT2D eigenvalue weighted by Gasteiger charge is -2.36. The maximum atomic E-state index is 13.3. The number of nitrogens with one attached hydrogen (secondary N) is 1. The summed E-state index contributed by atoms with van der Waals surface area (Å²) >= 11 is 0. The van der Waals surface area contributed by atoms with E-state index in [9.17, 15) is 9.18 Å². The molecule has 2 aliphatic heterocycles. The first kappa shape index (κ1) is 14.5. The Morgan fingerprint density at radius 2 is 2.33 bits per heavy atom. The van der Waals surface area contributed by atoms with Crippen molar-refractivity contribution in [2.24, 2.45) is 5.92 Å². The molecule has 4 nitrogen and oxygen atoms in total. The molecule has 1 amide bonds. The summed E-state index contributed by atoms with van der Waals surface area (Å²) in [5.41, 5.74) is 0.896. The number of rotatable bonds is 2. The fraction of sp³-hybridized carbons (Fsp3) is 0.562. The van der Waals surface area contributed by atoms with E-state index >= 15 is 0 Å². The first-order valence-corrected chi connectivity index (χ1v) is 7.59. The van der Waals surface area contributed by atoms with Gasteiger partial charge in [0.05, 0.1) is 18.6 Å². The van der Waals surface area contributed by atoms with Crippen molar-refractivity contribution in [2.75, 3.05) is 32.8 Å². The smallest absolute Gasteiger partial charge is 0.228 e. The highest BCUT2D eigenvalue weighted by Gasteiger charge is 2.30. The van der Waals surface area contributed by atoms with E-state index in [2.05, 4.69) is 5.32 Å². The first-order valence-electron chi connectivity index (χ1n) is 7.59. The predicted molar refractivity (Wildman–Crippen MR) is 77.3 cm³/mol. The number of ether oxygens (including phenoxy) is 1. The van der Waals surface area contributed by atoms with Gasteiger partial charge in [-0.3, -0.25) is 4.79 Å². The lowest BCUT2D eigenvalue weighted by molar-refractivity contribution is -0.141. The molecule has 0 bridgehead atoms. The number of piperazine rings is 1. The van der Waals surface area contributed by atoms with Gasteiger partial charge in [-0.15, -0.1) is 0 Å². The van der Waals surface area contributed by atoms with Crippen LogP contribution in [0.25, 0.3) is 0 Å². The van der Waals surface area contributed by atoms with Gasteiger partial charge in [0, 0.05) is 26.2 Å². The van der Waals surface area contributed by atoms with E-state index in [1.807, 2.05) is 11.0 Å². The molecule has 2 aliphatic rings. The largest absolute Gasteiger partial charge is 0.381 e. The Morgan fingerprint density at radius 1 is 1.43 bits per heavy atom. The minimum atomic E-state index is -0.238. The third-order valence-corrected chi connectivity index (χ3v) is 4.25. The van der Waals surface area contributed by atoms with Crippen molar-refractivity contribution < 1.29 is 13.9 Å². The number of hydrogen-bond donors (Lipinski definition) is 1. The number of halogens is 1. The molecule has 1 aromatic carbocycles. The number of hydrogen-bond acceptors (Lipinski definition) is 3. The summed E-state index contributed by atoms with van der Waals surface area (Å²) in [7, 11) is 0. The second-order valence-corrected chi connectivity index (χ2v) is 5.76. The van der Waals surface area contributed by atoms with E-state index in [0.717, 1.165) is 31.6 Å². The van der Waals surface area contributed by atoms with Crippen molar-refractivity contribution in [3.63, 3.8) is 0 Å². The van der Waals surface area contributed by atoms with Crippen LogP contribution in [0.4, 0.5) is 4.39 Å². The second-order valence-electron chi connectivity index (χ2n) is 5.76. The van der Waals surface area contributed by atoms with Gasteiger partial charge in [-0.1, -0.05) is 12.1 Å². The number of benzene rings is 1. The highest BCUT2D eigenvalue weighted by atomic mass is 19.1. The van der Waals surface area contributed by atoms with Crippen LogP contribution in [0.1, 0.15) is 24.4 Å². The van der Waals surface area contributed by atoms with Gasteiger partial charge in [-0.2, -0.15) is 0 Å². The SMILES string of the molecule is O=C([C@@H]1CCCOC1)N1CCN[C@H](c2cccc(F)c2)C1. The first-order chi connectivity index (χ1) is 10.2. The molecule has 0 unspecified atom stereocenters. The van der Waals surface area contributed by atoms with Gasteiger partial charge < -0.3 is 15.0 Å².